The van der Waals surface area contributed by atoms with Crippen LogP contribution in [-0.2, 0) is 10.2 Å². The van der Waals surface area contributed by atoms with Gasteiger partial charge in [0.05, 0.1) is 4.92 Å². The molecule has 0 radical (unpaired) electrons. The molecule has 0 aromatic carbocycles. The molecule has 1 aliphatic rings. The Kier molecular flexibility index (Phi) is 3.79. The monoisotopic (exact) mass is 329 g/mol. The highest BCUT2D eigenvalue weighted by Crippen LogP contribution is 2.41. The van der Waals surface area contributed by atoms with Gasteiger partial charge in [0.2, 0.25) is 5.82 Å². The van der Waals surface area contributed by atoms with Gasteiger partial charge in [-0.2, -0.15) is 4.98 Å². The molecule has 0 bridgehead atoms. The number of anilines is 1. The Bertz CT molecular complexity index is 674. The van der Waals surface area contributed by atoms with Crippen molar-refractivity contribution in [3.63, 3.8) is 0 Å². The summed E-state index contributed by atoms with van der Waals surface area (Å²) in [4.78, 5) is 41.3. The molecule has 118 valence electrons. The van der Waals surface area contributed by atoms with Crippen LogP contribution in [0.25, 0.3) is 0 Å². The number of nitro groups is 1. The molecule has 2 rings (SSSR count). The minimum absolute atomic E-state index is 0.0764. The molecule has 1 aromatic rings. The van der Waals surface area contributed by atoms with Crippen LogP contribution in [0.2, 0.25) is 0 Å². The molecular weight excluding hydrogens is 318 g/mol. The topological polar surface area (TPSA) is 173 Å². The highest BCUT2D eigenvalue weighted by atomic mass is 32.2. The molecule has 0 spiro atoms. The van der Waals surface area contributed by atoms with E-state index in [0.717, 1.165) is 16.7 Å². The average Bonchev–Trinajstić information content (AvgIpc) is 2.35. The number of amides is 1. The van der Waals surface area contributed by atoms with Gasteiger partial charge in [0, 0.05) is 13.1 Å². The summed E-state index contributed by atoms with van der Waals surface area (Å²) < 4.78 is 0. The lowest BCUT2D eigenvalue weighted by atomic mass is 9.76. The standard InChI is InChI=1S/C10H11N5O6S/c1-22-8-12-5(4(15(20)21)6(11)13-8)10(7(16)17)2-14(3-10)9(18)19/h2-3H2,1H3,(H,16,17)(H,18,19)(H2,11,12,13). The third-order valence-corrected chi connectivity index (χ3v) is 3.86. The fourth-order valence-corrected chi connectivity index (χ4v) is 2.55. The Labute approximate surface area is 127 Å². The number of carboxylic acids is 1. The normalized spacial score (nSPS) is 16.0. The van der Waals surface area contributed by atoms with E-state index < -0.39 is 47.0 Å². The molecule has 2 heterocycles. The quantitative estimate of drug-likeness (QED) is 0.295. The summed E-state index contributed by atoms with van der Waals surface area (Å²) in [5.41, 5.74) is 2.66. The molecule has 22 heavy (non-hydrogen) atoms. The smallest absolute Gasteiger partial charge is 0.407 e. The fraction of sp³-hybridized carbons (Fsp3) is 0.400. The van der Waals surface area contributed by atoms with E-state index in [1.165, 1.54) is 0 Å². The first-order valence-corrected chi connectivity index (χ1v) is 7.03. The van der Waals surface area contributed by atoms with Crippen molar-refractivity contribution in [2.24, 2.45) is 0 Å². The number of likely N-dealkylation sites (tertiary alicyclic amines) is 1. The first-order chi connectivity index (χ1) is 10.2. The zero-order chi connectivity index (χ0) is 16.7. The summed E-state index contributed by atoms with van der Waals surface area (Å²) in [5, 5.41) is 29.6. The Morgan fingerprint density at radius 3 is 2.41 bits per heavy atom. The summed E-state index contributed by atoms with van der Waals surface area (Å²) >= 11 is 1.04. The van der Waals surface area contributed by atoms with E-state index in [4.69, 9.17) is 10.8 Å². The van der Waals surface area contributed by atoms with Crippen LogP contribution in [0.1, 0.15) is 5.69 Å². The molecule has 0 atom stereocenters. The molecular formula is C10H11N5O6S. The molecule has 11 nitrogen and oxygen atoms in total. The Hall–Kier alpha value is -2.63. The van der Waals surface area contributed by atoms with Crippen molar-refractivity contribution < 1.29 is 24.7 Å². The molecule has 0 aliphatic carbocycles. The van der Waals surface area contributed by atoms with Crippen molar-refractivity contribution in [2.75, 3.05) is 25.1 Å². The number of nitrogens with two attached hydrogens (primary N) is 1. The van der Waals surface area contributed by atoms with Gasteiger partial charge in [-0.1, -0.05) is 11.8 Å². The van der Waals surface area contributed by atoms with Crippen LogP contribution >= 0.6 is 11.8 Å². The number of nitrogen functional groups attached to an aromatic ring is 1. The lowest BCUT2D eigenvalue weighted by Crippen LogP contribution is -2.65. The molecule has 12 heteroatoms. The zero-order valence-corrected chi connectivity index (χ0v) is 12.0. The van der Waals surface area contributed by atoms with Crippen molar-refractivity contribution in [1.82, 2.24) is 14.9 Å². The summed E-state index contributed by atoms with van der Waals surface area (Å²) in [7, 11) is 0. The van der Waals surface area contributed by atoms with Crippen LogP contribution < -0.4 is 5.73 Å². The molecule has 0 saturated carbocycles. The van der Waals surface area contributed by atoms with E-state index in [1.807, 2.05) is 0 Å². The molecule has 1 aliphatic heterocycles. The van der Waals surface area contributed by atoms with Gasteiger partial charge in [-0.25, -0.2) is 9.78 Å². The minimum Gasteiger partial charge on any atom is -0.480 e. The summed E-state index contributed by atoms with van der Waals surface area (Å²) in [6, 6.07) is 0. The lowest BCUT2D eigenvalue weighted by Gasteiger charge is -2.44. The number of hydrogen-bond donors (Lipinski definition) is 3. The van der Waals surface area contributed by atoms with Gasteiger partial charge < -0.3 is 20.8 Å². The van der Waals surface area contributed by atoms with Crippen LogP contribution in [-0.4, -0.2) is 61.4 Å². The van der Waals surface area contributed by atoms with Gasteiger partial charge in [0.25, 0.3) is 0 Å². The number of aliphatic carboxylic acids is 1. The second-order valence-corrected chi connectivity index (χ2v) is 5.35. The van der Waals surface area contributed by atoms with Crippen LogP contribution in [0.4, 0.5) is 16.3 Å². The summed E-state index contributed by atoms with van der Waals surface area (Å²) in [5.74, 6) is -1.85. The van der Waals surface area contributed by atoms with E-state index in [2.05, 4.69) is 9.97 Å². The number of thioether (sulfide) groups is 1. The zero-order valence-electron chi connectivity index (χ0n) is 11.2. The van der Waals surface area contributed by atoms with Crippen molar-refractivity contribution >= 4 is 35.3 Å². The SMILES string of the molecule is CSc1nc(N)c([N+](=O)[O-])c(C2(C(=O)O)CN(C(=O)O)C2)n1. The highest BCUT2D eigenvalue weighted by Gasteiger charge is 2.57. The third-order valence-electron chi connectivity index (χ3n) is 3.31. The van der Waals surface area contributed by atoms with E-state index in [1.54, 1.807) is 6.26 Å². The van der Waals surface area contributed by atoms with Crippen molar-refractivity contribution in [2.45, 2.75) is 10.6 Å². The maximum Gasteiger partial charge on any atom is 0.407 e. The second kappa shape index (κ2) is 5.29. The number of aromatic nitrogens is 2. The van der Waals surface area contributed by atoms with Crippen molar-refractivity contribution in [1.29, 1.82) is 0 Å². The van der Waals surface area contributed by atoms with E-state index in [9.17, 15) is 24.8 Å². The van der Waals surface area contributed by atoms with Gasteiger partial charge in [-0.15, -0.1) is 0 Å². The number of carboxylic acid groups (broad SMARTS) is 2. The highest BCUT2D eigenvalue weighted by molar-refractivity contribution is 7.98. The maximum absolute atomic E-state index is 11.6. The Morgan fingerprint density at radius 2 is 2.00 bits per heavy atom. The van der Waals surface area contributed by atoms with Crippen molar-refractivity contribution in [3.05, 3.63) is 15.8 Å². The number of carbonyl (C=O) groups is 2. The number of hydrogen-bond acceptors (Lipinski definition) is 8. The van der Waals surface area contributed by atoms with Crippen LogP contribution in [0.15, 0.2) is 5.16 Å². The summed E-state index contributed by atoms with van der Waals surface area (Å²) in [6.45, 7) is -0.883. The van der Waals surface area contributed by atoms with Crippen LogP contribution in [0.3, 0.4) is 0 Å². The first kappa shape index (κ1) is 15.8. The minimum atomic E-state index is -1.80. The third kappa shape index (κ3) is 2.26. The Balaban J connectivity index is 2.62. The molecule has 0 unspecified atom stereocenters. The molecule has 1 aromatic heterocycles. The summed E-state index contributed by atoms with van der Waals surface area (Å²) in [6.07, 6.45) is 0.286. The van der Waals surface area contributed by atoms with E-state index in [0.29, 0.717) is 0 Å². The van der Waals surface area contributed by atoms with Gasteiger partial charge in [0.15, 0.2) is 10.6 Å². The molecule has 1 fully saturated rings. The maximum atomic E-state index is 11.6. The molecule has 1 saturated heterocycles. The van der Waals surface area contributed by atoms with Crippen LogP contribution in [0.5, 0.6) is 0 Å². The van der Waals surface area contributed by atoms with Gasteiger partial charge in [-0.3, -0.25) is 14.9 Å². The van der Waals surface area contributed by atoms with Gasteiger partial charge in [0.1, 0.15) is 5.69 Å². The fourth-order valence-electron chi connectivity index (χ4n) is 2.18. The Morgan fingerprint density at radius 1 is 1.41 bits per heavy atom. The number of nitrogens with zero attached hydrogens (tertiary/aromatic N) is 4. The average molecular weight is 329 g/mol. The lowest BCUT2D eigenvalue weighted by molar-refractivity contribution is -0.385. The van der Waals surface area contributed by atoms with Gasteiger partial charge in [-0.05, 0) is 6.26 Å². The predicted molar refractivity (Wildman–Crippen MR) is 73.8 cm³/mol. The van der Waals surface area contributed by atoms with Crippen LogP contribution in [0, 0.1) is 10.1 Å². The predicted octanol–water partition coefficient (Wildman–Crippen LogP) is 0.00490. The first-order valence-electron chi connectivity index (χ1n) is 5.80. The van der Waals surface area contributed by atoms with Crippen molar-refractivity contribution in [3.8, 4) is 0 Å². The van der Waals surface area contributed by atoms with E-state index in [-0.39, 0.29) is 10.9 Å². The number of rotatable bonds is 4. The van der Waals surface area contributed by atoms with E-state index >= 15 is 0 Å². The second-order valence-electron chi connectivity index (χ2n) is 4.58. The van der Waals surface area contributed by atoms with Gasteiger partial charge >= 0.3 is 17.7 Å². The molecule has 4 N–H and O–H groups in total. The molecule has 1 amide bonds. The largest absolute Gasteiger partial charge is 0.480 e.